The molecule has 0 saturated carbocycles. The van der Waals surface area contributed by atoms with Gasteiger partial charge in [0.2, 0.25) is 0 Å². The molecule has 1 N–H and O–H groups in total. The summed E-state index contributed by atoms with van der Waals surface area (Å²) in [5, 5.41) is 10.6. The fourth-order valence-electron chi connectivity index (χ4n) is 2.91. The minimum absolute atomic E-state index is 0.0894. The fraction of sp³-hybridized carbons (Fsp3) is 0.190. The molecule has 3 rings (SSSR count). The number of aliphatic hydroxyl groups is 1. The van der Waals surface area contributed by atoms with Gasteiger partial charge in [-0.3, -0.25) is 4.79 Å². The molecule has 3 nitrogen and oxygen atoms in total. The number of aliphatic hydroxyl groups excluding tert-OH is 1. The number of allylic oxidation sites excluding steroid dienone is 2. The molecule has 0 aromatic heterocycles. The number of methoxy groups -OCH3 is 1. The minimum atomic E-state index is -0.0894. The van der Waals surface area contributed by atoms with Gasteiger partial charge in [-0.05, 0) is 48.6 Å². The zero-order valence-electron chi connectivity index (χ0n) is 13.7. The molecule has 1 aliphatic carbocycles. The van der Waals surface area contributed by atoms with E-state index in [1.165, 1.54) is 0 Å². The molecule has 0 amide bonds. The number of carbonyl (C=O) groups is 1. The Morgan fingerprint density at radius 2 is 1.75 bits per heavy atom. The van der Waals surface area contributed by atoms with E-state index in [2.05, 4.69) is 0 Å². The lowest BCUT2D eigenvalue weighted by Gasteiger charge is -2.18. The van der Waals surface area contributed by atoms with E-state index in [-0.39, 0.29) is 11.5 Å². The Bertz CT molecular complexity index is 784. The SMILES string of the molecule is COc1ccc(/C=C2\CCCC(C(=O)c3ccccc3)=C2O)cc1. The molecule has 0 bridgehead atoms. The summed E-state index contributed by atoms with van der Waals surface area (Å²) in [6.45, 7) is 0. The van der Waals surface area contributed by atoms with Gasteiger partial charge in [0, 0.05) is 11.1 Å². The van der Waals surface area contributed by atoms with Gasteiger partial charge in [-0.2, -0.15) is 0 Å². The molecule has 24 heavy (non-hydrogen) atoms. The summed E-state index contributed by atoms with van der Waals surface area (Å²) in [4.78, 5) is 12.6. The summed E-state index contributed by atoms with van der Waals surface area (Å²) in [5.74, 6) is 0.833. The maximum Gasteiger partial charge on any atom is 0.192 e. The summed E-state index contributed by atoms with van der Waals surface area (Å²) in [7, 11) is 1.63. The van der Waals surface area contributed by atoms with Gasteiger partial charge in [0.05, 0.1) is 7.11 Å². The molecule has 0 fully saturated rings. The third-order valence-electron chi connectivity index (χ3n) is 4.23. The normalized spacial score (nSPS) is 16.3. The molecule has 122 valence electrons. The number of ether oxygens (including phenoxy) is 1. The Balaban J connectivity index is 1.91. The van der Waals surface area contributed by atoms with Gasteiger partial charge < -0.3 is 9.84 Å². The summed E-state index contributed by atoms with van der Waals surface area (Å²) in [6.07, 6.45) is 4.18. The Hall–Kier alpha value is -2.81. The van der Waals surface area contributed by atoms with Crippen LogP contribution in [0.2, 0.25) is 0 Å². The highest BCUT2D eigenvalue weighted by molar-refractivity contribution is 6.09. The molecule has 2 aromatic carbocycles. The van der Waals surface area contributed by atoms with Gasteiger partial charge in [0.1, 0.15) is 11.5 Å². The summed E-state index contributed by atoms with van der Waals surface area (Å²) >= 11 is 0. The molecule has 0 spiro atoms. The van der Waals surface area contributed by atoms with Crippen LogP contribution in [0, 0.1) is 0 Å². The number of rotatable bonds is 4. The van der Waals surface area contributed by atoms with Crippen LogP contribution in [0.4, 0.5) is 0 Å². The van der Waals surface area contributed by atoms with E-state index in [1.807, 2.05) is 48.5 Å². The van der Waals surface area contributed by atoms with Crippen molar-refractivity contribution in [2.45, 2.75) is 19.3 Å². The number of hydrogen-bond donors (Lipinski definition) is 1. The molecule has 0 heterocycles. The fourth-order valence-corrected chi connectivity index (χ4v) is 2.91. The van der Waals surface area contributed by atoms with Crippen molar-refractivity contribution in [2.24, 2.45) is 0 Å². The lowest BCUT2D eigenvalue weighted by Crippen LogP contribution is -2.12. The average molecular weight is 320 g/mol. The molecular formula is C21H20O3. The summed E-state index contributed by atoms with van der Waals surface area (Å²) < 4.78 is 5.15. The van der Waals surface area contributed by atoms with Gasteiger partial charge in [-0.1, -0.05) is 42.5 Å². The van der Waals surface area contributed by atoms with Crippen LogP contribution in [0.25, 0.3) is 6.08 Å². The van der Waals surface area contributed by atoms with Crippen molar-refractivity contribution >= 4 is 11.9 Å². The largest absolute Gasteiger partial charge is 0.507 e. The average Bonchev–Trinajstić information content (AvgIpc) is 2.64. The third-order valence-corrected chi connectivity index (χ3v) is 4.23. The highest BCUT2D eigenvalue weighted by Crippen LogP contribution is 2.31. The Morgan fingerprint density at radius 3 is 2.42 bits per heavy atom. The smallest absolute Gasteiger partial charge is 0.192 e. The van der Waals surface area contributed by atoms with Crippen LogP contribution in [0.1, 0.15) is 35.2 Å². The standard InChI is InChI=1S/C21H20O3/c1-24-18-12-10-15(11-13-18)14-17-8-5-9-19(21(17)23)20(22)16-6-3-2-4-7-16/h2-4,6-7,10-14,23H,5,8-9H2,1H3/b17-14+. The van der Waals surface area contributed by atoms with E-state index >= 15 is 0 Å². The van der Waals surface area contributed by atoms with Crippen LogP contribution in [0.5, 0.6) is 5.75 Å². The lowest BCUT2D eigenvalue weighted by molar-refractivity contribution is 0.102. The Labute approximate surface area is 141 Å². The van der Waals surface area contributed by atoms with Crippen LogP contribution >= 0.6 is 0 Å². The van der Waals surface area contributed by atoms with Gasteiger partial charge >= 0.3 is 0 Å². The first-order chi connectivity index (χ1) is 11.7. The molecule has 1 aliphatic rings. The van der Waals surface area contributed by atoms with Crippen molar-refractivity contribution in [1.29, 1.82) is 0 Å². The highest BCUT2D eigenvalue weighted by Gasteiger charge is 2.23. The molecule has 0 radical (unpaired) electrons. The predicted octanol–water partition coefficient (Wildman–Crippen LogP) is 4.96. The van der Waals surface area contributed by atoms with Crippen molar-refractivity contribution in [3.63, 3.8) is 0 Å². The second-order valence-electron chi connectivity index (χ2n) is 5.82. The molecule has 0 atom stereocenters. The highest BCUT2D eigenvalue weighted by atomic mass is 16.5. The van der Waals surface area contributed by atoms with Crippen LogP contribution in [-0.4, -0.2) is 18.0 Å². The van der Waals surface area contributed by atoms with Gasteiger partial charge in [-0.25, -0.2) is 0 Å². The van der Waals surface area contributed by atoms with Crippen LogP contribution in [-0.2, 0) is 0 Å². The van der Waals surface area contributed by atoms with Gasteiger partial charge in [-0.15, -0.1) is 0 Å². The van der Waals surface area contributed by atoms with E-state index in [4.69, 9.17) is 4.74 Å². The molecular weight excluding hydrogens is 300 g/mol. The Kier molecular flexibility index (Phi) is 4.80. The van der Waals surface area contributed by atoms with Gasteiger partial charge in [0.15, 0.2) is 5.78 Å². The van der Waals surface area contributed by atoms with E-state index in [0.29, 0.717) is 17.6 Å². The van der Waals surface area contributed by atoms with Crippen LogP contribution in [0.15, 0.2) is 71.5 Å². The summed E-state index contributed by atoms with van der Waals surface area (Å²) in [5.41, 5.74) is 2.91. The Morgan fingerprint density at radius 1 is 1.04 bits per heavy atom. The van der Waals surface area contributed by atoms with E-state index in [0.717, 1.165) is 29.7 Å². The summed E-state index contributed by atoms with van der Waals surface area (Å²) in [6, 6.07) is 16.7. The van der Waals surface area contributed by atoms with E-state index in [1.54, 1.807) is 19.2 Å². The molecule has 3 heteroatoms. The van der Waals surface area contributed by atoms with Crippen molar-refractivity contribution in [2.75, 3.05) is 7.11 Å². The predicted molar refractivity (Wildman–Crippen MR) is 95.2 cm³/mol. The lowest BCUT2D eigenvalue weighted by atomic mass is 9.88. The first-order valence-corrected chi connectivity index (χ1v) is 8.06. The quantitative estimate of drug-likeness (QED) is 0.810. The van der Waals surface area contributed by atoms with Gasteiger partial charge in [0.25, 0.3) is 0 Å². The zero-order chi connectivity index (χ0) is 16.9. The minimum Gasteiger partial charge on any atom is -0.507 e. The molecule has 0 aliphatic heterocycles. The number of carbonyl (C=O) groups excluding carboxylic acids is 1. The maximum atomic E-state index is 12.6. The first kappa shape index (κ1) is 16.1. The molecule has 0 saturated heterocycles. The molecule has 0 unspecified atom stereocenters. The second-order valence-corrected chi connectivity index (χ2v) is 5.82. The third kappa shape index (κ3) is 3.40. The number of hydrogen-bond acceptors (Lipinski definition) is 3. The van der Waals surface area contributed by atoms with Crippen molar-refractivity contribution < 1.29 is 14.6 Å². The molecule has 2 aromatic rings. The number of benzene rings is 2. The number of Topliss-reactive ketones (excluding diaryl/α,β-unsaturated/α-hetero) is 1. The van der Waals surface area contributed by atoms with E-state index < -0.39 is 0 Å². The first-order valence-electron chi connectivity index (χ1n) is 8.06. The van der Waals surface area contributed by atoms with Crippen LogP contribution < -0.4 is 4.74 Å². The number of ketones is 1. The maximum absolute atomic E-state index is 12.6. The van der Waals surface area contributed by atoms with E-state index in [9.17, 15) is 9.90 Å². The topological polar surface area (TPSA) is 46.5 Å². The van der Waals surface area contributed by atoms with Crippen molar-refractivity contribution in [1.82, 2.24) is 0 Å². The van der Waals surface area contributed by atoms with Crippen molar-refractivity contribution in [3.8, 4) is 5.75 Å². The van der Waals surface area contributed by atoms with Crippen molar-refractivity contribution in [3.05, 3.63) is 82.6 Å². The second kappa shape index (κ2) is 7.18. The zero-order valence-corrected chi connectivity index (χ0v) is 13.7. The van der Waals surface area contributed by atoms with Crippen LogP contribution in [0.3, 0.4) is 0 Å². The monoisotopic (exact) mass is 320 g/mol.